The van der Waals surface area contributed by atoms with Gasteiger partial charge in [0.1, 0.15) is 5.06 Å². The number of fused-ring (bicyclic) bond motifs is 2. The van der Waals surface area contributed by atoms with Gasteiger partial charge in [-0.1, -0.05) is 12.1 Å². The van der Waals surface area contributed by atoms with E-state index in [-0.39, 0.29) is 24.9 Å². The van der Waals surface area contributed by atoms with Gasteiger partial charge in [0.05, 0.1) is 35.8 Å². The van der Waals surface area contributed by atoms with Gasteiger partial charge in [0, 0.05) is 5.56 Å². The van der Waals surface area contributed by atoms with Gasteiger partial charge in [0.25, 0.3) is 14.7 Å². The summed E-state index contributed by atoms with van der Waals surface area (Å²) in [5.74, 6) is -0.873. The van der Waals surface area contributed by atoms with Crippen molar-refractivity contribution < 1.29 is 27.7 Å². The van der Waals surface area contributed by atoms with Crippen LogP contribution in [0.25, 0.3) is 5.31 Å². The Kier molecular flexibility index (Phi) is 3.90. The number of carbonyl (C=O) groups is 1. The van der Waals surface area contributed by atoms with E-state index in [0.717, 1.165) is 0 Å². The summed E-state index contributed by atoms with van der Waals surface area (Å²) in [4.78, 5) is 21.6. The van der Waals surface area contributed by atoms with Crippen molar-refractivity contribution in [3.8, 4) is 0 Å². The molecule has 0 N–H and O–H groups in total. The molecule has 3 aliphatic rings. The Morgan fingerprint density at radius 2 is 1.81 bits per heavy atom. The second-order valence-electron chi connectivity index (χ2n) is 5.86. The normalized spacial score (nSPS) is 33.0. The van der Waals surface area contributed by atoms with Crippen molar-refractivity contribution in [1.82, 2.24) is 0 Å². The highest BCUT2D eigenvalue weighted by atomic mass is 31.2. The van der Waals surface area contributed by atoms with Crippen LogP contribution in [0.5, 0.6) is 0 Å². The Hall–Kier alpha value is -1.59. The predicted octanol–water partition coefficient (Wildman–Crippen LogP) is 2.44. The molecular formula is C16H18N2O6P2. The fourth-order valence-electron chi connectivity index (χ4n) is 3.44. The Labute approximate surface area is 149 Å². The summed E-state index contributed by atoms with van der Waals surface area (Å²) >= 11 is 0. The lowest BCUT2D eigenvalue weighted by atomic mass is 10.2. The van der Waals surface area contributed by atoms with Crippen LogP contribution in [0.15, 0.2) is 33.2 Å². The van der Waals surface area contributed by atoms with E-state index in [2.05, 4.69) is 9.98 Å². The Morgan fingerprint density at radius 3 is 2.46 bits per heavy atom. The zero-order valence-corrected chi connectivity index (χ0v) is 16.4. The zero-order valence-electron chi connectivity index (χ0n) is 14.6. The molecule has 10 heteroatoms. The molecule has 138 valence electrons. The number of para-hydroxylation sites is 1. The minimum absolute atomic E-state index is 0.0337. The van der Waals surface area contributed by atoms with Gasteiger partial charge < -0.3 is 13.8 Å². The molecule has 1 aromatic rings. The number of benzene rings is 1. The lowest BCUT2D eigenvalue weighted by Crippen LogP contribution is -2.36. The standard InChI is InChI=1S/C16H18N2O6P2/c1-4-22-15(19)16-17-11-9-7-8-10(12(11)18-16)13-14(25(13,20)23-5-2)26(16,21)24-6-3/h7-9H,4-6H2,1-3H3. The molecule has 0 amide bonds. The molecule has 3 unspecified atom stereocenters. The van der Waals surface area contributed by atoms with Crippen molar-refractivity contribution in [1.29, 1.82) is 0 Å². The molecule has 0 radical (unpaired) electrons. The quantitative estimate of drug-likeness (QED) is 0.541. The Bertz CT molecular complexity index is 1080. The van der Waals surface area contributed by atoms with Crippen molar-refractivity contribution in [2.45, 2.75) is 26.2 Å². The van der Waals surface area contributed by atoms with Gasteiger partial charge in [-0.3, -0.25) is 9.13 Å². The number of carbonyl (C=O) groups excluding carboxylic acids is 1. The van der Waals surface area contributed by atoms with Gasteiger partial charge in [-0.25, -0.2) is 14.8 Å². The summed E-state index contributed by atoms with van der Waals surface area (Å²) in [7, 11) is -7.57. The predicted molar refractivity (Wildman–Crippen MR) is 93.5 cm³/mol. The van der Waals surface area contributed by atoms with E-state index in [1.165, 1.54) is 0 Å². The fraction of sp³-hybridized carbons (Fsp3) is 0.438. The topological polar surface area (TPSA) is 104 Å². The molecule has 1 aromatic carbocycles. The SMILES string of the molecule is CCOC(=O)C12N=c3cccc(c3=N1)C1=C(P1(=O)OCC)P2(=O)OCC. The summed E-state index contributed by atoms with van der Waals surface area (Å²) in [5.41, 5.74) is 0.529. The molecule has 0 saturated heterocycles. The van der Waals surface area contributed by atoms with Gasteiger partial charge in [-0.15, -0.1) is 0 Å². The van der Waals surface area contributed by atoms with Crippen molar-refractivity contribution in [2.75, 3.05) is 19.8 Å². The van der Waals surface area contributed by atoms with Crippen LogP contribution in [-0.2, 0) is 27.7 Å². The summed E-state index contributed by atoms with van der Waals surface area (Å²) in [6, 6.07) is 5.11. The van der Waals surface area contributed by atoms with Gasteiger partial charge >= 0.3 is 11.4 Å². The van der Waals surface area contributed by atoms with Crippen molar-refractivity contribution in [3.63, 3.8) is 0 Å². The summed E-state index contributed by atoms with van der Waals surface area (Å²) in [6.45, 7) is 5.25. The van der Waals surface area contributed by atoms with Crippen LogP contribution < -0.4 is 10.7 Å². The second-order valence-corrected chi connectivity index (χ2v) is 10.9. The van der Waals surface area contributed by atoms with Crippen molar-refractivity contribution in [2.24, 2.45) is 9.98 Å². The highest BCUT2D eigenvalue weighted by molar-refractivity contribution is 7.98. The van der Waals surface area contributed by atoms with E-state index < -0.39 is 26.1 Å². The maximum Gasteiger partial charge on any atom is 0.367 e. The van der Waals surface area contributed by atoms with Crippen LogP contribution in [0, 0.1) is 0 Å². The second kappa shape index (κ2) is 5.70. The first-order valence-electron chi connectivity index (χ1n) is 8.41. The van der Waals surface area contributed by atoms with Crippen LogP contribution in [0.3, 0.4) is 0 Å². The molecule has 3 atom stereocenters. The molecule has 8 nitrogen and oxygen atoms in total. The first-order chi connectivity index (χ1) is 12.4. The minimum atomic E-state index is -4.10. The first-order valence-corrected chi connectivity index (χ1v) is 11.7. The van der Waals surface area contributed by atoms with Gasteiger partial charge in [-0.05, 0) is 26.8 Å². The third-order valence-electron chi connectivity index (χ3n) is 4.41. The fourth-order valence-corrected chi connectivity index (χ4v) is 10.6. The van der Waals surface area contributed by atoms with Crippen LogP contribution in [0.1, 0.15) is 26.3 Å². The maximum absolute atomic E-state index is 14.1. The molecule has 0 fully saturated rings. The van der Waals surface area contributed by atoms with E-state index in [9.17, 15) is 13.9 Å². The van der Waals surface area contributed by atoms with Gasteiger partial charge in [0.15, 0.2) is 0 Å². The molecule has 4 rings (SSSR count). The molecule has 2 bridgehead atoms. The molecule has 0 aromatic heterocycles. The molecule has 3 heterocycles. The average molecular weight is 396 g/mol. The summed E-state index contributed by atoms with van der Waals surface area (Å²) < 4.78 is 43.7. The van der Waals surface area contributed by atoms with E-state index in [0.29, 0.717) is 21.6 Å². The number of ether oxygens (including phenoxy) is 1. The summed E-state index contributed by atoms with van der Waals surface area (Å²) in [6.07, 6.45) is 0. The van der Waals surface area contributed by atoms with Crippen LogP contribution in [0.2, 0.25) is 0 Å². The minimum Gasteiger partial charge on any atom is -0.462 e. The van der Waals surface area contributed by atoms with Crippen LogP contribution in [0.4, 0.5) is 0 Å². The van der Waals surface area contributed by atoms with Crippen molar-refractivity contribution in [3.05, 3.63) is 39.5 Å². The van der Waals surface area contributed by atoms with E-state index in [1.807, 2.05) is 0 Å². The monoisotopic (exact) mass is 396 g/mol. The smallest absolute Gasteiger partial charge is 0.367 e. The number of nitrogens with zero attached hydrogens (tertiary/aromatic N) is 2. The third kappa shape index (κ3) is 1.96. The van der Waals surface area contributed by atoms with Crippen LogP contribution in [-0.4, -0.2) is 31.2 Å². The molecular weight excluding hydrogens is 378 g/mol. The number of hydrogen-bond acceptors (Lipinski definition) is 8. The summed E-state index contributed by atoms with van der Waals surface area (Å²) in [5, 5.41) is -0.930. The highest BCUT2D eigenvalue weighted by Crippen LogP contribution is 2.95. The van der Waals surface area contributed by atoms with Crippen molar-refractivity contribution >= 4 is 26.0 Å². The molecule has 0 saturated carbocycles. The average Bonchev–Trinajstić information content (AvgIpc) is 3.03. The van der Waals surface area contributed by atoms with Crippen LogP contribution >= 0.6 is 14.7 Å². The van der Waals surface area contributed by atoms with Gasteiger partial charge in [-0.2, -0.15) is 0 Å². The lowest BCUT2D eigenvalue weighted by molar-refractivity contribution is -0.146. The molecule has 0 spiro atoms. The van der Waals surface area contributed by atoms with E-state index in [4.69, 9.17) is 13.8 Å². The molecule has 26 heavy (non-hydrogen) atoms. The van der Waals surface area contributed by atoms with Gasteiger partial charge in [0.2, 0.25) is 0 Å². The Balaban J connectivity index is 2.07. The Morgan fingerprint density at radius 1 is 1.08 bits per heavy atom. The number of rotatable bonds is 6. The maximum atomic E-state index is 14.1. The zero-order chi connectivity index (χ0) is 18.7. The number of hydrogen-bond donors (Lipinski definition) is 0. The molecule has 0 aliphatic carbocycles. The first kappa shape index (κ1) is 17.8. The molecule has 3 aliphatic heterocycles. The highest BCUT2D eigenvalue weighted by Gasteiger charge is 2.73. The van der Waals surface area contributed by atoms with E-state index in [1.54, 1.807) is 39.0 Å². The van der Waals surface area contributed by atoms with E-state index >= 15 is 0 Å². The third-order valence-corrected chi connectivity index (χ3v) is 11.0. The largest absolute Gasteiger partial charge is 0.462 e. The number of esters is 1. The lowest BCUT2D eigenvalue weighted by Gasteiger charge is -2.28.